The molecule has 0 aliphatic heterocycles. The van der Waals surface area contributed by atoms with Gasteiger partial charge in [-0.1, -0.05) is 53.7 Å². The average Bonchev–Trinajstić information content (AvgIpc) is 2.77. The number of amides is 1. The Morgan fingerprint density at radius 1 is 1.14 bits per heavy atom. The molecule has 0 aromatic rings. The molecule has 4 atom stereocenters. The predicted molar refractivity (Wildman–Crippen MR) is 156 cm³/mol. The lowest BCUT2D eigenvalue weighted by Crippen LogP contribution is -2.47. The van der Waals surface area contributed by atoms with Gasteiger partial charge in [-0.05, 0) is 69.5 Å². The number of carboxylic acids is 1. The first-order valence-corrected chi connectivity index (χ1v) is 17.3. The van der Waals surface area contributed by atoms with E-state index < -0.39 is 20.3 Å². The van der Waals surface area contributed by atoms with E-state index in [2.05, 4.69) is 53.8 Å². The van der Waals surface area contributed by atoms with E-state index in [9.17, 15) is 14.7 Å². The number of rotatable bonds is 15. The van der Waals surface area contributed by atoms with Crippen molar-refractivity contribution in [1.29, 1.82) is 0 Å². The van der Waals surface area contributed by atoms with Crippen molar-refractivity contribution in [2.24, 2.45) is 11.8 Å². The summed E-state index contributed by atoms with van der Waals surface area (Å²) in [7, 11) is -0.462. The Morgan fingerprint density at radius 2 is 1.69 bits per heavy atom. The zero-order valence-corrected chi connectivity index (χ0v) is 26.9. The van der Waals surface area contributed by atoms with Crippen LogP contribution in [0.5, 0.6) is 0 Å². The normalized spacial score (nSPS) is 17.1. The molecular formula is C28H53NO5SSi. The van der Waals surface area contributed by atoms with Crippen LogP contribution in [-0.4, -0.2) is 67.7 Å². The number of likely N-dealkylation sites (N-methyl/N-ethyl adjacent to an activating group) is 1. The topological polar surface area (TPSA) is 76.1 Å². The van der Waals surface area contributed by atoms with E-state index in [0.29, 0.717) is 24.4 Å². The van der Waals surface area contributed by atoms with Crippen molar-refractivity contribution in [3.05, 3.63) is 23.3 Å². The predicted octanol–water partition coefficient (Wildman–Crippen LogP) is 6.98. The van der Waals surface area contributed by atoms with Gasteiger partial charge < -0.3 is 19.2 Å². The zero-order valence-electron chi connectivity index (χ0n) is 25.1. The number of hydrogen-bond donors (Lipinski definition) is 1. The van der Waals surface area contributed by atoms with E-state index in [1.165, 1.54) is 10.5 Å². The van der Waals surface area contributed by atoms with Crippen LogP contribution in [0.15, 0.2) is 23.3 Å². The number of ether oxygens (including phenoxy) is 1. The van der Waals surface area contributed by atoms with E-state index in [4.69, 9.17) is 9.16 Å². The highest BCUT2D eigenvalue weighted by molar-refractivity contribution is 7.98. The summed E-state index contributed by atoms with van der Waals surface area (Å²) in [6, 6.07) is -0.844. The summed E-state index contributed by atoms with van der Waals surface area (Å²) in [5.74, 6) is -0.462. The van der Waals surface area contributed by atoms with Crippen molar-refractivity contribution in [2.45, 2.75) is 112 Å². The van der Waals surface area contributed by atoms with E-state index in [-0.39, 0.29) is 35.0 Å². The van der Waals surface area contributed by atoms with Gasteiger partial charge in [0, 0.05) is 18.5 Å². The molecule has 1 amide bonds. The summed E-state index contributed by atoms with van der Waals surface area (Å²) >= 11 is 1.62. The van der Waals surface area contributed by atoms with Crippen LogP contribution in [0.1, 0.15) is 75.2 Å². The summed E-state index contributed by atoms with van der Waals surface area (Å²) in [5.41, 5.74) is 1.71. The molecule has 0 aliphatic rings. The van der Waals surface area contributed by atoms with Crippen LogP contribution in [0.4, 0.5) is 0 Å². The van der Waals surface area contributed by atoms with Crippen molar-refractivity contribution in [3.8, 4) is 0 Å². The van der Waals surface area contributed by atoms with Crippen LogP contribution >= 0.6 is 11.8 Å². The lowest BCUT2D eigenvalue weighted by molar-refractivity contribution is -0.148. The molecule has 0 heterocycles. The molecule has 0 rings (SSSR count). The summed E-state index contributed by atoms with van der Waals surface area (Å²) < 4.78 is 13.2. The molecule has 4 unspecified atom stereocenters. The van der Waals surface area contributed by atoms with Gasteiger partial charge in [0.05, 0.1) is 18.1 Å². The van der Waals surface area contributed by atoms with Crippen molar-refractivity contribution in [2.75, 3.05) is 19.2 Å². The van der Waals surface area contributed by atoms with Crippen molar-refractivity contribution < 1.29 is 23.9 Å². The van der Waals surface area contributed by atoms with Gasteiger partial charge in [-0.15, -0.1) is 11.8 Å². The lowest BCUT2D eigenvalue weighted by atomic mass is 9.90. The number of carbonyl (C=O) groups is 2. The molecular weight excluding hydrogens is 490 g/mol. The largest absolute Gasteiger partial charge is 0.480 e. The van der Waals surface area contributed by atoms with Crippen LogP contribution in [0.3, 0.4) is 0 Å². The summed E-state index contributed by atoms with van der Waals surface area (Å²) in [6.45, 7) is 23.2. The first-order chi connectivity index (χ1) is 16.4. The number of nitrogens with zero attached hydrogens (tertiary/aromatic N) is 1. The zero-order chi connectivity index (χ0) is 28.4. The number of carbonyl (C=O) groups excluding carboxylic acids is 1. The highest BCUT2D eigenvalue weighted by Gasteiger charge is 2.41. The first-order valence-electron chi connectivity index (χ1n) is 13.0. The second kappa shape index (κ2) is 15.4. The minimum Gasteiger partial charge on any atom is -0.480 e. The Kier molecular flexibility index (Phi) is 14.9. The molecule has 0 saturated heterocycles. The molecule has 1 N–H and O–H groups in total. The Morgan fingerprint density at radius 3 is 2.11 bits per heavy atom. The molecule has 0 saturated carbocycles. The van der Waals surface area contributed by atoms with Crippen molar-refractivity contribution in [1.82, 2.24) is 4.90 Å². The van der Waals surface area contributed by atoms with E-state index in [1.54, 1.807) is 25.7 Å². The Balaban J connectivity index is 5.93. The third-order valence-electron chi connectivity index (χ3n) is 7.36. The first kappa shape index (κ1) is 34.9. The molecule has 0 aromatic carbocycles. The maximum absolute atomic E-state index is 13.1. The van der Waals surface area contributed by atoms with Gasteiger partial charge in [-0.3, -0.25) is 4.79 Å². The summed E-state index contributed by atoms with van der Waals surface area (Å²) in [5, 5.41) is 9.73. The highest BCUT2D eigenvalue weighted by atomic mass is 32.2. The minimum absolute atomic E-state index is 0.0621. The number of carboxylic acid groups (broad SMARTS) is 1. The molecule has 8 heteroatoms. The fourth-order valence-electron chi connectivity index (χ4n) is 3.73. The average molecular weight is 544 g/mol. The lowest BCUT2D eigenvalue weighted by Gasteiger charge is -2.42. The van der Waals surface area contributed by atoms with Gasteiger partial charge in [0.1, 0.15) is 6.04 Å². The Hall–Kier alpha value is -1.09. The molecule has 0 aromatic heterocycles. The molecule has 0 spiro atoms. The smallest absolute Gasteiger partial charge is 0.326 e. The summed E-state index contributed by atoms with van der Waals surface area (Å²) in [6.07, 6.45) is 6.73. The quantitative estimate of drug-likeness (QED) is 0.104. The fourth-order valence-corrected chi connectivity index (χ4v) is 5.43. The van der Waals surface area contributed by atoms with Gasteiger partial charge in [0.25, 0.3) is 0 Å². The Bertz CT molecular complexity index is 772. The van der Waals surface area contributed by atoms with Crippen LogP contribution in [-0.2, 0) is 18.8 Å². The van der Waals surface area contributed by atoms with Crippen molar-refractivity contribution in [3.63, 3.8) is 0 Å². The highest BCUT2D eigenvalue weighted by Crippen LogP contribution is 2.40. The van der Waals surface area contributed by atoms with Gasteiger partial charge in [-0.25, -0.2) is 4.79 Å². The maximum atomic E-state index is 13.1. The molecule has 0 bridgehead atoms. The second-order valence-electron chi connectivity index (χ2n) is 11.8. The molecule has 6 nitrogen and oxygen atoms in total. The van der Waals surface area contributed by atoms with Gasteiger partial charge in [-0.2, -0.15) is 0 Å². The van der Waals surface area contributed by atoms with Gasteiger partial charge >= 0.3 is 5.97 Å². The number of thioether (sulfide) groups is 1. The third kappa shape index (κ3) is 10.7. The Labute approximate surface area is 226 Å². The van der Waals surface area contributed by atoms with Gasteiger partial charge in [0.15, 0.2) is 8.32 Å². The third-order valence-corrected chi connectivity index (χ3v) is 12.2. The molecule has 0 aliphatic carbocycles. The van der Waals surface area contributed by atoms with Crippen LogP contribution in [0, 0.1) is 11.8 Å². The minimum atomic E-state index is -2.03. The molecule has 0 radical (unpaired) electrons. The number of aliphatic carboxylic acids is 1. The second-order valence-corrected chi connectivity index (χ2v) is 17.4. The van der Waals surface area contributed by atoms with E-state index in [0.717, 1.165) is 0 Å². The van der Waals surface area contributed by atoms with Gasteiger partial charge in [0.2, 0.25) is 5.91 Å². The van der Waals surface area contributed by atoms with E-state index >= 15 is 0 Å². The monoisotopic (exact) mass is 543 g/mol. The molecule has 0 fully saturated rings. The standard InChI is InChI=1S/C28H53NO5SSi/c1-14-20(4)25(34-36(12,13)28(7,8)9)22(6)24(33-18-35-11)16-15-21(5)26(30)29(10)23(27(31)32)17-19(2)3/h14-15,19,22-25H,16-18H2,1-13H3,(H,31,32)/b20-14+,21-15+. The summed E-state index contributed by atoms with van der Waals surface area (Å²) in [4.78, 5) is 26.2. The maximum Gasteiger partial charge on any atom is 0.326 e. The number of allylic oxidation sites excluding steroid dienone is 1. The SMILES string of the molecule is C/C=C(\C)C(O[Si](C)(C)C(C)(C)C)C(C)C(C/C=C(\C)C(=O)N(C)C(CC(C)C)C(=O)O)OCSC. The van der Waals surface area contributed by atoms with Crippen LogP contribution in [0.25, 0.3) is 0 Å². The van der Waals surface area contributed by atoms with Crippen LogP contribution < -0.4 is 0 Å². The fraction of sp³-hybridized carbons (Fsp3) is 0.786. The van der Waals surface area contributed by atoms with E-state index in [1.807, 2.05) is 33.1 Å². The van der Waals surface area contributed by atoms with Crippen LogP contribution in [0.2, 0.25) is 18.1 Å². The number of hydrogen-bond acceptors (Lipinski definition) is 5. The van der Waals surface area contributed by atoms with Crippen molar-refractivity contribution >= 4 is 32.0 Å². The molecule has 210 valence electrons. The molecule has 36 heavy (non-hydrogen) atoms.